The molecule has 0 aliphatic carbocycles. The predicted octanol–water partition coefficient (Wildman–Crippen LogP) is 3.44. The van der Waals surface area contributed by atoms with Crippen molar-refractivity contribution in [1.29, 1.82) is 0 Å². The van der Waals surface area contributed by atoms with E-state index in [9.17, 15) is 0 Å². The number of rotatable bonds is 7. The second-order valence-corrected chi connectivity index (χ2v) is 5.83. The van der Waals surface area contributed by atoms with E-state index in [0.717, 1.165) is 13.1 Å². The van der Waals surface area contributed by atoms with E-state index in [1.165, 1.54) is 16.9 Å². The third-order valence-corrected chi connectivity index (χ3v) is 4.75. The minimum Gasteiger partial charge on any atom is -0.308 e. The Bertz CT molecular complexity index is 322. The number of likely N-dealkylation sites (N-methyl/N-ethyl adjacent to an activating group) is 1. The first kappa shape index (κ1) is 14.7. The first-order valence-electron chi connectivity index (χ1n) is 6.53. The van der Waals surface area contributed by atoms with Gasteiger partial charge in [-0.2, -0.15) is 0 Å². The molecule has 1 rings (SSSR count). The predicted molar refractivity (Wildman–Crippen MR) is 77.9 cm³/mol. The van der Waals surface area contributed by atoms with Gasteiger partial charge in [0.25, 0.3) is 0 Å². The van der Waals surface area contributed by atoms with Crippen molar-refractivity contribution in [2.45, 2.75) is 46.2 Å². The van der Waals surface area contributed by atoms with Crippen LogP contribution in [-0.4, -0.2) is 31.1 Å². The standard InChI is InChI=1S/C14H26N2S/c1-6-12(3)16(5)9-8-15-13(4)14-11(2)7-10-17-14/h7,10,12-13,15H,6,8-9H2,1-5H3. The number of aryl methyl sites for hydroxylation is 1. The molecule has 0 fully saturated rings. The number of hydrogen-bond acceptors (Lipinski definition) is 3. The van der Waals surface area contributed by atoms with Crippen molar-refractivity contribution >= 4 is 11.3 Å². The zero-order valence-corrected chi connectivity index (χ0v) is 12.6. The molecular weight excluding hydrogens is 228 g/mol. The van der Waals surface area contributed by atoms with Crippen LogP contribution in [0.3, 0.4) is 0 Å². The van der Waals surface area contributed by atoms with Gasteiger partial charge >= 0.3 is 0 Å². The Balaban J connectivity index is 2.30. The second-order valence-electron chi connectivity index (χ2n) is 4.88. The van der Waals surface area contributed by atoms with Gasteiger partial charge in [0, 0.05) is 30.1 Å². The van der Waals surface area contributed by atoms with Gasteiger partial charge in [-0.3, -0.25) is 0 Å². The lowest BCUT2D eigenvalue weighted by Crippen LogP contribution is -2.35. The maximum atomic E-state index is 3.60. The summed E-state index contributed by atoms with van der Waals surface area (Å²) in [6, 6.07) is 3.35. The van der Waals surface area contributed by atoms with Crippen molar-refractivity contribution in [2.24, 2.45) is 0 Å². The summed E-state index contributed by atoms with van der Waals surface area (Å²) < 4.78 is 0. The summed E-state index contributed by atoms with van der Waals surface area (Å²) in [5, 5.41) is 5.78. The molecule has 17 heavy (non-hydrogen) atoms. The third kappa shape index (κ3) is 4.41. The van der Waals surface area contributed by atoms with Crippen LogP contribution in [0.5, 0.6) is 0 Å². The highest BCUT2D eigenvalue weighted by molar-refractivity contribution is 7.10. The Morgan fingerprint density at radius 3 is 2.65 bits per heavy atom. The SMILES string of the molecule is CCC(C)N(C)CCNC(C)c1sccc1C. The van der Waals surface area contributed by atoms with Crippen LogP contribution in [0.1, 0.15) is 43.7 Å². The molecule has 2 atom stereocenters. The molecule has 0 bridgehead atoms. The van der Waals surface area contributed by atoms with Gasteiger partial charge in [0.05, 0.1) is 0 Å². The average molecular weight is 254 g/mol. The van der Waals surface area contributed by atoms with Crippen molar-refractivity contribution < 1.29 is 0 Å². The highest BCUT2D eigenvalue weighted by Crippen LogP contribution is 2.23. The van der Waals surface area contributed by atoms with E-state index in [0.29, 0.717) is 12.1 Å². The van der Waals surface area contributed by atoms with Crippen LogP contribution in [-0.2, 0) is 0 Å². The molecular formula is C14H26N2S. The maximum Gasteiger partial charge on any atom is 0.0389 e. The molecule has 1 aromatic heterocycles. The number of thiophene rings is 1. The highest BCUT2D eigenvalue weighted by atomic mass is 32.1. The highest BCUT2D eigenvalue weighted by Gasteiger charge is 2.10. The number of nitrogens with zero attached hydrogens (tertiary/aromatic N) is 1. The molecule has 0 spiro atoms. The maximum absolute atomic E-state index is 3.60. The molecule has 0 amide bonds. The molecule has 0 aliphatic rings. The van der Waals surface area contributed by atoms with Crippen LogP contribution in [0.15, 0.2) is 11.4 Å². The lowest BCUT2D eigenvalue weighted by molar-refractivity contribution is 0.249. The van der Waals surface area contributed by atoms with E-state index >= 15 is 0 Å². The van der Waals surface area contributed by atoms with Crippen LogP contribution in [0.25, 0.3) is 0 Å². The molecule has 98 valence electrons. The summed E-state index contributed by atoms with van der Waals surface area (Å²) in [6.07, 6.45) is 1.22. The van der Waals surface area contributed by atoms with Crippen LogP contribution < -0.4 is 5.32 Å². The molecule has 2 nitrogen and oxygen atoms in total. The van der Waals surface area contributed by atoms with E-state index in [4.69, 9.17) is 0 Å². The lowest BCUT2D eigenvalue weighted by atomic mass is 10.2. The molecule has 0 saturated heterocycles. The third-order valence-electron chi connectivity index (χ3n) is 3.55. The van der Waals surface area contributed by atoms with E-state index in [1.54, 1.807) is 0 Å². The van der Waals surface area contributed by atoms with Crippen molar-refractivity contribution in [2.75, 3.05) is 20.1 Å². The van der Waals surface area contributed by atoms with Gasteiger partial charge in [0.2, 0.25) is 0 Å². The van der Waals surface area contributed by atoms with Gasteiger partial charge in [-0.25, -0.2) is 0 Å². The van der Waals surface area contributed by atoms with Crippen molar-refractivity contribution in [3.63, 3.8) is 0 Å². The molecule has 0 aliphatic heterocycles. The summed E-state index contributed by atoms with van der Waals surface area (Å²) in [7, 11) is 2.21. The smallest absolute Gasteiger partial charge is 0.0389 e. The van der Waals surface area contributed by atoms with Crippen molar-refractivity contribution in [1.82, 2.24) is 10.2 Å². The van der Waals surface area contributed by atoms with Crippen LogP contribution in [0.2, 0.25) is 0 Å². The van der Waals surface area contributed by atoms with Crippen LogP contribution in [0, 0.1) is 6.92 Å². The number of hydrogen-bond donors (Lipinski definition) is 1. The fraction of sp³-hybridized carbons (Fsp3) is 0.714. The average Bonchev–Trinajstić information content (AvgIpc) is 2.74. The second kappa shape index (κ2) is 7.14. The summed E-state index contributed by atoms with van der Waals surface area (Å²) >= 11 is 1.85. The minimum absolute atomic E-state index is 0.473. The largest absolute Gasteiger partial charge is 0.308 e. The molecule has 1 N–H and O–H groups in total. The van der Waals surface area contributed by atoms with Crippen LogP contribution >= 0.6 is 11.3 Å². The Labute approximate surface area is 110 Å². The lowest BCUT2D eigenvalue weighted by Gasteiger charge is -2.24. The summed E-state index contributed by atoms with van der Waals surface area (Å²) in [4.78, 5) is 3.89. The first-order chi connectivity index (χ1) is 8.06. The van der Waals surface area contributed by atoms with E-state index < -0.39 is 0 Å². The Morgan fingerprint density at radius 1 is 1.41 bits per heavy atom. The fourth-order valence-corrected chi connectivity index (χ4v) is 2.87. The van der Waals surface area contributed by atoms with Gasteiger partial charge < -0.3 is 10.2 Å². The Hall–Kier alpha value is -0.380. The summed E-state index contributed by atoms with van der Waals surface area (Å²) in [6.45, 7) is 11.1. The Kier molecular flexibility index (Phi) is 6.17. The monoisotopic (exact) mass is 254 g/mol. The topological polar surface area (TPSA) is 15.3 Å². The zero-order valence-electron chi connectivity index (χ0n) is 11.8. The molecule has 2 unspecified atom stereocenters. The van der Waals surface area contributed by atoms with Crippen molar-refractivity contribution in [3.05, 3.63) is 21.9 Å². The molecule has 3 heteroatoms. The fourth-order valence-electron chi connectivity index (χ4n) is 1.91. The Morgan fingerprint density at radius 2 is 2.12 bits per heavy atom. The van der Waals surface area contributed by atoms with Gasteiger partial charge in [-0.1, -0.05) is 6.92 Å². The molecule has 1 aromatic rings. The zero-order chi connectivity index (χ0) is 12.8. The normalized spacial score (nSPS) is 15.2. The molecule has 0 saturated carbocycles. The number of nitrogens with one attached hydrogen (secondary N) is 1. The van der Waals surface area contributed by atoms with Gasteiger partial charge in [-0.15, -0.1) is 11.3 Å². The van der Waals surface area contributed by atoms with Gasteiger partial charge in [0.15, 0.2) is 0 Å². The molecule has 0 radical (unpaired) electrons. The summed E-state index contributed by atoms with van der Waals surface area (Å²) in [5.41, 5.74) is 1.41. The van der Waals surface area contributed by atoms with Crippen LogP contribution in [0.4, 0.5) is 0 Å². The van der Waals surface area contributed by atoms with Crippen molar-refractivity contribution in [3.8, 4) is 0 Å². The van der Waals surface area contributed by atoms with E-state index in [2.05, 4.69) is 56.4 Å². The van der Waals surface area contributed by atoms with E-state index in [-0.39, 0.29) is 0 Å². The van der Waals surface area contributed by atoms with Gasteiger partial charge in [-0.05, 0) is 51.2 Å². The molecule has 1 heterocycles. The summed E-state index contributed by atoms with van der Waals surface area (Å²) in [5.74, 6) is 0. The first-order valence-corrected chi connectivity index (χ1v) is 7.41. The quantitative estimate of drug-likeness (QED) is 0.802. The van der Waals surface area contributed by atoms with Gasteiger partial charge in [0.1, 0.15) is 0 Å². The molecule has 0 aromatic carbocycles. The minimum atomic E-state index is 0.473. The van der Waals surface area contributed by atoms with E-state index in [1.807, 2.05) is 11.3 Å².